The fourth-order valence-corrected chi connectivity index (χ4v) is 4.41. The molecule has 0 unspecified atom stereocenters. The van der Waals surface area contributed by atoms with Crippen LogP contribution in [0.5, 0.6) is 0 Å². The molecule has 1 heterocycles. The summed E-state index contributed by atoms with van der Waals surface area (Å²) < 4.78 is 32.3. The summed E-state index contributed by atoms with van der Waals surface area (Å²) in [6.07, 6.45) is 1.33. The van der Waals surface area contributed by atoms with E-state index < -0.39 is 16.0 Å². The number of benzene rings is 2. The Morgan fingerprint density at radius 3 is 2.52 bits per heavy atom. The zero-order chi connectivity index (χ0) is 19.0. The molecule has 1 N–H and O–H groups in total. The van der Waals surface area contributed by atoms with Gasteiger partial charge in [0, 0.05) is 5.39 Å². The number of rotatable bonds is 5. The van der Waals surface area contributed by atoms with E-state index in [-0.39, 0.29) is 10.9 Å². The van der Waals surface area contributed by atoms with Crippen LogP contribution >= 0.6 is 0 Å². The van der Waals surface area contributed by atoms with Crippen LogP contribution in [-0.4, -0.2) is 31.7 Å². The Balaban J connectivity index is 1.95. The van der Waals surface area contributed by atoms with E-state index in [1.165, 1.54) is 7.11 Å². The van der Waals surface area contributed by atoms with E-state index in [4.69, 9.17) is 4.74 Å². The first-order chi connectivity index (χ1) is 13.0. The summed E-state index contributed by atoms with van der Waals surface area (Å²) >= 11 is 0. The van der Waals surface area contributed by atoms with Gasteiger partial charge in [-0.15, -0.1) is 0 Å². The maximum atomic E-state index is 12.4. The normalized spacial score (nSPS) is 14.1. The predicted octanol–water partition coefficient (Wildman–Crippen LogP) is 3.59. The van der Waals surface area contributed by atoms with Crippen molar-refractivity contribution in [2.75, 3.05) is 11.8 Å². The number of methoxy groups -OCH3 is 1. The number of carbonyl (C=O) groups excluding carboxylic acids is 1. The number of esters is 1. The lowest BCUT2D eigenvalue weighted by atomic mass is 9.99. The van der Waals surface area contributed by atoms with Crippen molar-refractivity contribution in [2.45, 2.75) is 18.1 Å². The lowest BCUT2D eigenvalue weighted by molar-refractivity contribution is 0.0594. The minimum Gasteiger partial charge on any atom is -0.464 e. The smallest absolute Gasteiger partial charge is 0.356 e. The molecular formula is C20H18N2O4S. The van der Waals surface area contributed by atoms with Crippen molar-refractivity contribution in [3.63, 3.8) is 0 Å². The number of pyridine rings is 1. The molecule has 1 aliphatic rings. The number of fused-ring (bicyclic) bond motifs is 1. The Labute approximate surface area is 157 Å². The van der Waals surface area contributed by atoms with Gasteiger partial charge in [-0.2, -0.15) is 0 Å². The number of para-hydroxylation sites is 1. The average Bonchev–Trinajstić information content (AvgIpc) is 3.53. The number of hydrogen-bond donors (Lipinski definition) is 1. The zero-order valence-corrected chi connectivity index (χ0v) is 15.5. The van der Waals surface area contributed by atoms with Gasteiger partial charge in [0.25, 0.3) is 0 Å². The topological polar surface area (TPSA) is 85.4 Å². The summed E-state index contributed by atoms with van der Waals surface area (Å²) in [6, 6.07) is 16.5. The van der Waals surface area contributed by atoms with Gasteiger partial charge >= 0.3 is 5.97 Å². The molecule has 1 aliphatic carbocycles. The fourth-order valence-electron chi connectivity index (χ4n) is 3.01. The minimum atomic E-state index is -3.45. The van der Waals surface area contributed by atoms with Gasteiger partial charge in [0.15, 0.2) is 0 Å². The van der Waals surface area contributed by atoms with Gasteiger partial charge in [-0.05, 0) is 36.1 Å². The van der Waals surface area contributed by atoms with Crippen LogP contribution in [0.3, 0.4) is 0 Å². The third kappa shape index (κ3) is 3.38. The van der Waals surface area contributed by atoms with Crippen molar-refractivity contribution < 1.29 is 17.9 Å². The number of ether oxygens (including phenoxy) is 1. The van der Waals surface area contributed by atoms with Crippen molar-refractivity contribution in [1.29, 1.82) is 0 Å². The van der Waals surface area contributed by atoms with Gasteiger partial charge in [-0.25, -0.2) is 18.2 Å². The van der Waals surface area contributed by atoms with E-state index in [0.717, 1.165) is 16.5 Å². The highest BCUT2D eigenvalue weighted by Crippen LogP contribution is 2.35. The fraction of sp³-hybridized carbons (Fsp3) is 0.200. The van der Waals surface area contributed by atoms with E-state index in [0.29, 0.717) is 24.0 Å². The summed E-state index contributed by atoms with van der Waals surface area (Å²) in [5.41, 5.74) is 2.60. The number of sulfonamides is 1. The van der Waals surface area contributed by atoms with E-state index >= 15 is 0 Å². The second-order valence-corrected chi connectivity index (χ2v) is 8.42. The van der Waals surface area contributed by atoms with Crippen molar-refractivity contribution in [3.05, 3.63) is 60.3 Å². The molecule has 2 aromatic carbocycles. The number of carbonyl (C=O) groups is 1. The second kappa shape index (κ2) is 6.66. The quantitative estimate of drug-likeness (QED) is 0.682. The zero-order valence-electron chi connectivity index (χ0n) is 14.7. The van der Waals surface area contributed by atoms with Gasteiger partial charge in [0.1, 0.15) is 5.69 Å². The Kier molecular flexibility index (Phi) is 4.31. The van der Waals surface area contributed by atoms with E-state index in [2.05, 4.69) is 9.71 Å². The summed E-state index contributed by atoms with van der Waals surface area (Å²) in [5.74, 6) is -0.575. The van der Waals surface area contributed by atoms with Crippen molar-refractivity contribution in [2.24, 2.45) is 0 Å². The Morgan fingerprint density at radius 1 is 1.11 bits per heavy atom. The monoisotopic (exact) mass is 382 g/mol. The van der Waals surface area contributed by atoms with Gasteiger partial charge in [-0.3, -0.25) is 4.72 Å². The van der Waals surface area contributed by atoms with Crippen molar-refractivity contribution >= 4 is 32.6 Å². The molecule has 0 aliphatic heterocycles. The maximum absolute atomic E-state index is 12.4. The van der Waals surface area contributed by atoms with Gasteiger partial charge < -0.3 is 4.74 Å². The number of hydrogen-bond acceptors (Lipinski definition) is 5. The maximum Gasteiger partial charge on any atom is 0.356 e. The van der Waals surface area contributed by atoms with Gasteiger partial charge in [-0.1, -0.05) is 42.5 Å². The van der Waals surface area contributed by atoms with Crippen LogP contribution in [0.1, 0.15) is 23.3 Å². The third-order valence-electron chi connectivity index (χ3n) is 4.53. The first-order valence-electron chi connectivity index (χ1n) is 8.59. The molecule has 6 nitrogen and oxygen atoms in total. The molecule has 0 bridgehead atoms. The first-order valence-corrected chi connectivity index (χ1v) is 10.1. The average molecular weight is 382 g/mol. The molecule has 3 aromatic rings. The van der Waals surface area contributed by atoms with Crippen molar-refractivity contribution in [3.8, 4) is 11.1 Å². The summed E-state index contributed by atoms with van der Waals surface area (Å²) in [5, 5.41) is 0.398. The standard InChI is InChI=1S/C20H18N2O4S/c1-26-20(23)18-12-16(13-6-3-2-4-7-13)15-8-5-9-17(19(15)21-18)22-27(24,25)14-10-11-14/h2-9,12,14,22H,10-11H2,1H3. The van der Waals surface area contributed by atoms with Crippen LogP contribution in [0.15, 0.2) is 54.6 Å². The second-order valence-electron chi connectivity index (χ2n) is 6.46. The largest absolute Gasteiger partial charge is 0.464 e. The van der Waals surface area contributed by atoms with Gasteiger partial charge in [0.2, 0.25) is 10.0 Å². The number of anilines is 1. The van der Waals surface area contributed by atoms with Gasteiger partial charge in [0.05, 0.1) is 23.6 Å². The van der Waals surface area contributed by atoms with Crippen LogP contribution in [-0.2, 0) is 14.8 Å². The number of nitrogens with zero attached hydrogens (tertiary/aromatic N) is 1. The molecular weight excluding hydrogens is 364 g/mol. The molecule has 0 amide bonds. The Morgan fingerprint density at radius 2 is 1.85 bits per heavy atom. The number of aromatic nitrogens is 1. The molecule has 138 valence electrons. The lowest BCUT2D eigenvalue weighted by Crippen LogP contribution is -2.18. The van der Waals surface area contributed by atoms with Crippen LogP contribution in [0.2, 0.25) is 0 Å². The van der Waals surface area contributed by atoms with E-state index in [1.807, 2.05) is 36.4 Å². The van der Waals surface area contributed by atoms with Crippen molar-refractivity contribution in [1.82, 2.24) is 4.98 Å². The molecule has 7 heteroatoms. The molecule has 0 saturated heterocycles. The molecule has 0 spiro atoms. The summed E-state index contributed by atoms with van der Waals surface area (Å²) in [7, 11) is -2.16. The summed E-state index contributed by atoms with van der Waals surface area (Å²) in [6.45, 7) is 0. The van der Waals surface area contributed by atoms with Crippen LogP contribution in [0, 0.1) is 0 Å². The Hall–Kier alpha value is -2.93. The van der Waals surface area contributed by atoms with E-state index in [1.54, 1.807) is 18.2 Å². The molecule has 27 heavy (non-hydrogen) atoms. The van der Waals surface area contributed by atoms with E-state index in [9.17, 15) is 13.2 Å². The highest BCUT2D eigenvalue weighted by molar-refractivity contribution is 7.93. The number of nitrogens with one attached hydrogen (secondary N) is 1. The molecule has 1 fully saturated rings. The lowest BCUT2D eigenvalue weighted by Gasteiger charge is -2.13. The molecule has 1 aromatic heterocycles. The highest BCUT2D eigenvalue weighted by Gasteiger charge is 2.36. The van der Waals surface area contributed by atoms with Crippen LogP contribution in [0.25, 0.3) is 22.0 Å². The SMILES string of the molecule is COC(=O)c1cc(-c2ccccc2)c2cccc(NS(=O)(=O)C3CC3)c2n1. The minimum absolute atomic E-state index is 0.127. The Bertz CT molecular complexity index is 1120. The predicted molar refractivity (Wildman–Crippen MR) is 104 cm³/mol. The van der Waals surface area contributed by atoms with Crippen LogP contribution < -0.4 is 4.72 Å². The summed E-state index contributed by atoms with van der Waals surface area (Å²) in [4.78, 5) is 16.5. The highest BCUT2D eigenvalue weighted by atomic mass is 32.2. The third-order valence-corrected chi connectivity index (χ3v) is 6.39. The molecule has 0 atom stereocenters. The van der Waals surface area contributed by atoms with Crippen LogP contribution in [0.4, 0.5) is 5.69 Å². The molecule has 1 saturated carbocycles. The molecule has 0 radical (unpaired) electrons. The molecule has 4 rings (SSSR count). The first kappa shape index (κ1) is 17.5.